The van der Waals surface area contributed by atoms with E-state index in [4.69, 9.17) is 21.1 Å². The summed E-state index contributed by atoms with van der Waals surface area (Å²) in [6.45, 7) is 0. The standard InChI is InChI=1S/C14H17ClN2O2S/c1-16-11(8-13-17-4-5-20-13)9-6-10(15)14(19-3)12(7-9)18-2/h4-7,11,16H,8H2,1-3H3. The van der Waals surface area contributed by atoms with Gasteiger partial charge in [0.15, 0.2) is 11.5 Å². The Hall–Kier alpha value is -1.30. The minimum Gasteiger partial charge on any atom is -0.493 e. The van der Waals surface area contributed by atoms with E-state index in [0.29, 0.717) is 16.5 Å². The molecule has 0 saturated heterocycles. The van der Waals surface area contributed by atoms with Crippen molar-refractivity contribution in [2.45, 2.75) is 12.5 Å². The van der Waals surface area contributed by atoms with E-state index < -0.39 is 0 Å². The average molecular weight is 313 g/mol. The second kappa shape index (κ2) is 6.92. The molecule has 1 heterocycles. The summed E-state index contributed by atoms with van der Waals surface area (Å²) >= 11 is 7.89. The highest BCUT2D eigenvalue weighted by Crippen LogP contribution is 2.38. The number of likely N-dealkylation sites (N-methyl/N-ethyl adjacent to an activating group) is 1. The lowest BCUT2D eigenvalue weighted by Crippen LogP contribution is -2.19. The number of aromatic nitrogens is 1. The molecule has 1 N–H and O–H groups in total. The summed E-state index contributed by atoms with van der Waals surface area (Å²) in [4.78, 5) is 4.32. The molecule has 108 valence electrons. The molecular weight excluding hydrogens is 296 g/mol. The van der Waals surface area contributed by atoms with E-state index in [1.807, 2.05) is 30.8 Å². The second-order valence-corrected chi connectivity index (χ2v) is 5.60. The summed E-state index contributed by atoms with van der Waals surface area (Å²) in [6, 6.07) is 3.97. The molecule has 0 spiro atoms. The molecular formula is C14H17ClN2O2S. The summed E-state index contributed by atoms with van der Waals surface area (Å²) in [5, 5.41) is 6.88. The van der Waals surface area contributed by atoms with Crippen LogP contribution in [0, 0.1) is 0 Å². The van der Waals surface area contributed by atoms with Crippen LogP contribution in [0.25, 0.3) is 0 Å². The van der Waals surface area contributed by atoms with Crippen molar-refractivity contribution in [3.63, 3.8) is 0 Å². The van der Waals surface area contributed by atoms with E-state index in [1.165, 1.54) is 0 Å². The number of nitrogens with one attached hydrogen (secondary N) is 1. The number of benzene rings is 1. The highest BCUT2D eigenvalue weighted by Gasteiger charge is 2.17. The van der Waals surface area contributed by atoms with Gasteiger partial charge in [-0.05, 0) is 24.7 Å². The Morgan fingerprint density at radius 3 is 2.70 bits per heavy atom. The van der Waals surface area contributed by atoms with Crippen LogP contribution in [0.3, 0.4) is 0 Å². The van der Waals surface area contributed by atoms with Gasteiger partial charge in [0.25, 0.3) is 0 Å². The van der Waals surface area contributed by atoms with Crippen LogP contribution < -0.4 is 14.8 Å². The van der Waals surface area contributed by atoms with Crippen LogP contribution in [0.2, 0.25) is 5.02 Å². The molecule has 0 fully saturated rings. The lowest BCUT2D eigenvalue weighted by molar-refractivity contribution is 0.354. The number of rotatable bonds is 6. The normalized spacial score (nSPS) is 12.2. The van der Waals surface area contributed by atoms with Crippen LogP contribution >= 0.6 is 22.9 Å². The van der Waals surface area contributed by atoms with Crippen molar-refractivity contribution >= 4 is 22.9 Å². The Morgan fingerprint density at radius 2 is 2.15 bits per heavy atom. The monoisotopic (exact) mass is 312 g/mol. The maximum Gasteiger partial charge on any atom is 0.179 e. The fourth-order valence-corrected chi connectivity index (χ4v) is 3.01. The van der Waals surface area contributed by atoms with Crippen LogP contribution in [0.4, 0.5) is 0 Å². The van der Waals surface area contributed by atoms with Gasteiger partial charge in [0, 0.05) is 24.0 Å². The molecule has 6 heteroatoms. The molecule has 2 rings (SSSR count). The number of thiazole rings is 1. The highest BCUT2D eigenvalue weighted by molar-refractivity contribution is 7.09. The zero-order chi connectivity index (χ0) is 14.5. The van der Waals surface area contributed by atoms with Gasteiger partial charge >= 0.3 is 0 Å². The van der Waals surface area contributed by atoms with Crippen molar-refractivity contribution in [1.82, 2.24) is 10.3 Å². The predicted octanol–water partition coefficient (Wildman–Crippen LogP) is 3.32. The van der Waals surface area contributed by atoms with E-state index in [1.54, 1.807) is 25.6 Å². The number of ether oxygens (including phenoxy) is 2. The Labute approximate surface area is 127 Å². The maximum atomic E-state index is 6.25. The fraction of sp³-hybridized carbons (Fsp3) is 0.357. The van der Waals surface area contributed by atoms with Gasteiger partial charge in [-0.3, -0.25) is 0 Å². The lowest BCUT2D eigenvalue weighted by Gasteiger charge is -2.18. The van der Waals surface area contributed by atoms with Crippen molar-refractivity contribution < 1.29 is 9.47 Å². The molecule has 1 aromatic heterocycles. The van der Waals surface area contributed by atoms with Gasteiger partial charge in [-0.2, -0.15) is 0 Å². The third kappa shape index (κ3) is 3.23. The summed E-state index contributed by atoms with van der Waals surface area (Å²) in [6.07, 6.45) is 2.62. The Balaban J connectivity index is 2.32. The molecule has 0 aliphatic carbocycles. The van der Waals surface area contributed by atoms with E-state index in [-0.39, 0.29) is 6.04 Å². The van der Waals surface area contributed by atoms with Gasteiger partial charge in [0.1, 0.15) is 0 Å². The number of methoxy groups -OCH3 is 2. The van der Waals surface area contributed by atoms with Gasteiger partial charge in [-0.25, -0.2) is 4.98 Å². The Bertz CT molecular complexity index is 561. The average Bonchev–Trinajstić information content (AvgIpc) is 2.96. The van der Waals surface area contributed by atoms with Crippen LogP contribution in [-0.2, 0) is 6.42 Å². The maximum absolute atomic E-state index is 6.25. The summed E-state index contributed by atoms with van der Waals surface area (Å²) in [7, 11) is 5.10. The first-order valence-electron chi connectivity index (χ1n) is 6.16. The topological polar surface area (TPSA) is 43.4 Å². The fourth-order valence-electron chi connectivity index (χ4n) is 2.05. The molecule has 4 nitrogen and oxygen atoms in total. The first kappa shape index (κ1) is 15.1. The van der Waals surface area contributed by atoms with Gasteiger partial charge in [0.2, 0.25) is 0 Å². The number of nitrogens with zero attached hydrogens (tertiary/aromatic N) is 1. The highest BCUT2D eigenvalue weighted by atomic mass is 35.5. The van der Waals surface area contributed by atoms with Gasteiger partial charge in [0.05, 0.1) is 24.2 Å². The van der Waals surface area contributed by atoms with Crippen molar-refractivity contribution in [3.8, 4) is 11.5 Å². The van der Waals surface area contributed by atoms with Crippen molar-refractivity contribution in [1.29, 1.82) is 0 Å². The minimum atomic E-state index is 0.124. The molecule has 1 unspecified atom stereocenters. The predicted molar refractivity (Wildman–Crippen MR) is 82.2 cm³/mol. The van der Waals surface area contributed by atoms with Crippen LogP contribution in [0.15, 0.2) is 23.7 Å². The molecule has 0 aliphatic heterocycles. The van der Waals surface area contributed by atoms with Gasteiger partial charge in [-0.1, -0.05) is 11.6 Å². The van der Waals surface area contributed by atoms with Crippen LogP contribution in [-0.4, -0.2) is 26.3 Å². The van der Waals surface area contributed by atoms with Crippen molar-refractivity contribution in [2.75, 3.05) is 21.3 Å². The third-order valence-electron chi connectivity index (χ3n) is 3.07. The van der Waals surface area contributed by atoms with E-state index in [9.17, 15) is 0 Å². The molecule has 0 saturated carbocycles. The Kier molecular flexibility index (Phi) is 5.23. The smallest absolute Gasteiger partial charge is 0.179 e. The van der Waals surface area contributed by atoms with Crippen LogP contribution in [0.1, 0.15) is 16.6 Å². The third-order valence-corrected chi connectivity index (χ3v) is 4.15. The molecule has 0 amide bonds. The quantitative estimate of drug-likeness (QED) is 0.888. The van der Waals surface area contributed by atoms with Gasteiger partial charge < -0.3 is 14.8 Å². The molecule has 0 radical (unpaired) electrons. The van der Waals surface area contributed by atoms with E-state index in [0.717, 1.165) is 17.0 Å². The first-order chi connectivity index (χ1) is 9.69. The number of hydrogen-bond acceptors (Lipinski definition) is 5. The van der Waals surface area contributed by atoms with E-state index >= 15 is 0 Å². The Morgan fingerprint density at radius 1 is 1.35 bits per heavy atom. The van der Waals surface area contributed by atoms with Crippen molar-refractivity contribution in [3.05, 3.63) is 39.3 Å². The van der Waals surface area contributed by atoms with Crippen LogP contribution in [0.5, 0.6) is 11.5 Å². The summed E-state index contributed by atoms with van der Waals surface area (Å²) in [5.41, 5.74) is 1.05. The SMILES string of the molecule is CNC(Cc1nccs1)c1cc(Cl)c(OC)c(OC)c1. The summed E-state index contributed by atoms with van der Waals surface area (Å²) < 4.78 is 10.6. The zero-order valence-electron chi connectivity index (χ0n) is 11.6. The molecule has 0 bridgehead atoms. The number of hydrogen-bond donors (Lipinski definition) is 1. The molecule has 20 heavy (non-hydrogen) atoms. The van der Waals surface area contributed by atoms with Gasteiger partial charge in [-0.15, -0.1) is 11.3 Å². The summed E-state index contributed by atoms with van der Waals surface area (Å²) in [5.74, 6) is 1.19. The largest absolute Gasteiger partial charge is 0.493 e. The minimum absolute atomic E-state index is 0.124. The molecule has 1 atom stereocenters. The lowest BCUT2D eigenvalue weighted by atomic mass is 10.0. The molecule has 0 aliphatic rings. The molecule has 1 aromatic carbocycles. The van der Waals surface area contributed by atoms with E-state index in [2.05, 4.69) is 10.3 Å². The molecule has 2 aromatic rings. The van der Waals surface area contributed by atoms with Crippen molar-refractivity contribution in [2.24, 2.45) is 0 Å². The zero-order valence-corrected chi connectivity index (χ0v) is 13.2. The second-order valence-electron chi connectivity index (χ2n) is 4.21. The first-order valence-corrected chi connectivity index (χ1v) is 7.42. The number of halogens is 1.